The Hall–Kier alpha value is -1.30. The van der Waals surface area contributed by atoms with E-state index in [1.165, 1.54) is 17.4 Å². The molecule has 2 heterocycles. The maximum absolute atomic E-state index is 13.4. The summed E-state index contributed by atoms with van der Waals surface area (Å²) < 4.78 is 13.4. The minimum Gasteiger partial charge on any atom is -0.316 e. The van der Waals surface area contributed by atoms with E-state index in [0.29, 0.717) is 5.92 Å². The van der Waals surface area contributed by atoms with E-state index in [1.54, 1.807) is 23.5 Å². The highest BCUT2D eigenvalue weighted by molar-refractivity contribution is 7.09. The minimum absolute atomic E-state index is 0.158. The SMILES string of the molecule is Cc1ncsc1CN(Cc1cccc(F)c1)CC1CCNC1. The van der Waals surface area contributed by atoms with Gasteiger partial charge in [0.25, 0.3) is 0 Å². The molecule has 0 bridgehead atoms. The van der Waals surface area contributed by atoms with Crippen LogP contribution in [0.4, 0.5) is 4.39 Å². The number of hydrogen-bond acceptors (Lipinski definition) is 4. The predicted molar refractivity (Wildman–Crippen MR) is 88.3 cm³/mol. The minimum atomic E-state index is -0.158. The molecule has 1 aliphatic heterocycles. The van der Waals surface area contributed by atoms with Gasteiger partial charge in [-0.3, -0.25) is 4.90 Å². The molecule has 1 atom stereocenters. The van der Waals surface area contributed by atoms with E-state index in [-0.39, 0.29) is 5.82 Å². The van der Waals surface area contributed by atoms with Crippen LogP contribution in [0.1, 0.15) is 22.6 Å². The van der Waals surface area contributed by atoms with Crippen LogP contribution in [0, 0.1) is 18.7 Å². The Bertz CT molecular complexity index is 607. The first-order valence-electron chi connectivity index (χ1n) is 7.77. The number of aromatic nitrogens is 1. The van der Waals surface area contributed by atoms with E-state index in [4.69, 9.17) is 0 Å². The molecule has 0 spiro atoms. The summed E-state index contributed by atoms with van der Waals surface area (Å²) in [7, 11) is 0. The average Bonchev–Trinajstić information content (AvgIpc) is 3.12. The van der Waals surface area contributed by atoms with Gasteiger partial charge in [0.15, 0.2) is 0 Å². The molecule has 1 aliphatic rings. The van der Waals surface area contributed by atoms with E-state index >= 15 is 0 Å². The van der Waals surface area contributed by atoms with Crippen LogP contribution in [0.25, 0.3) is 0 Å². The number of halogens is 1. The standard InChI is InChI=1S/C17H22FN3S/c1-13-17(22-12-20-13)11-21(10-15-5-6-19-8-15)9-14-3-2-4-16(18)7-14/h2-4,7,12,15,19H,5-6,8-11H2,1H3. The Kier molecular flexibility index (Phi) is 5.18. The fraction of sp³-hybridized carbons (Fsp3) is 0.471. The van der Waals surface area contributed by atoms with E-state index in [9.17, 15) is 4.39 Å². The van der Waals surface area contributed by atoms with Crippen LogP contribution in [0.15, 0.2) is 29.8 Å². The lowest BCUT2D eigenvalue weighted by Crippen LogP contribution is -2.30. The second kappa shape index (κ2) is 7.31. The quantitative estimate of drug-likeness (QED) is 0.886. The Balaban J connectivity index is 1.71. The second-order valence-electron chi connectivity index (χ2n) is 6.02. The molecule has 1 aromatic carbocycles. The van der Waals surface area contributed by atoms with E-state index < -0.39 is 0 Å². The van der Waals surface area contributed by atoms with Crippen LogP contribution in [0.2, 0.25) is 0 Å². The zero-order chi connectivity index (χ0) is 15.4. The van der Waals surface area contributed by atoms with Crippen molar-refractivity contribution < 1.29 is 4.39 Å². The van der Waals surface area contributed by atoms with Crippen molar-refractivity contribution in [2.75, 3.05) is 19.6 Å². The third-order valence-electron chi connectivity index (χ3n) is 4.19. The maximum atomic E-state index is 13.4. The summed E-state index contributed by atoms with van der Waals surface area (Å²) in [5.41, 5.74) is 4.05. The molecule has 0 aliphatic carbocycles. The third-order valence-corrected chi connectivity index (χ3v) is 5.11. The van der Waals surface area contributed by atoms with Gasteiger partial charge in [0.2, 0.25) is 0 Å². The van der Waals surface area contributed by atoms with Gasteiger partial charge < -0.3 is 5.32 Å². The highest BCUT2D eigenvalue weighted by Crippen LogP contribution is 2.20. The molecule has 0 amide bonds. The molecule has 1 aromatic heterocycles. The van der Waals surface area contributed by atoms with Gasteiger partial charge >= 0.3 is 0 Å². The smallest absolute Gasteiger partial charge is 0.123 e. The fourth-order valence-corrected chi connectivity index (χ4v) is 3.81. The third kappa shape index (κ3) is 4.12. The monoisotopic (exact) mass is 319 g/mol. The van der Waals surface area contributed by atoms with Crippen molar-refractivity contribution >= 4 is 11.3 Å². The summed E-state index contributed by atoms with van der Waals surface area (Å²) in [5.74, 6) is 0.524. The summed E-state index contributed by atoms with van der Waals surface area (Å²) in [6.07, 6.45) is 1.22. The van der Waals surface area contributed by atoms with Gasteiger partial charge in [-0.05, 0) is 50.0 Å². The first-order valence-corrected chi connectivity index (χ1v) is 8.65. The van der Waals surface area contributed by atoms with Gasteiger partial charge in [0.05, 0.1) is 11.2 Å². The Morgan fingerprint density at radius 2 is 2.32 bits per heavy atom. The molecule has 0 radical (unpaired) electrons. The Morgan fingerprint density at radius 3 is 3.00 bits per heavy atom. The number of hydrogen-bond donors (Lipinski definition) is 1. The van der Waals surface area contributed by atoms with E-state index in [0.717, 1.165) is 44.0 Å². The number of aryl methyl sites for hydroxylation is 1. The van der Waals surface area contributed by atoms with Gasteiger partial charge in [0, 0.05) is 24.5 Å². The second-order valence-corrected chi connectivity index (χ2v) is 6.96. The molecule has 3 rings (SSSR count). The molecule has 2 aromatic rings. The predicted octanol–water partition coefficient (Wildman–Crippen LogP) is 3.20. The number of thiazole rings is 1. The Morgan fingerprint density at radius 1 is 1.41 bits per heavy atom. The normalized spacial score (nSPS) is 18.2. The van der Waals surface area contributed by atoms with Crippen molar-refractivity contribution in [1.82, 2.24) is 15.2 Å². The molecule has 22 heavy (non-hydrogen) atoms. The zero-order valence-electron chi connectivity index (χ0n) is 12.9. The van der Waals surface area contributed by atoms with Gasteiger partial charge in [-0.15, -0.1) is 11.3 Å². The summed E-state index contributed by atoms with van der Waals surface area (Å²) in [4.78, 5) is 8.07. The van der Waals surface area contributed by atoms with Gasteiger partial charge in [-0.25, -0.2) is 9.37 Å². The van der Waals surface area contributed by atoms with Crippen molar-refractivity contribution in [2.24, 2.45) is 5.92 Å². The topological polar surface area (TPSA) is 28.2 Å². The van der Waals surface area contributed by atoms with Crippen molar-refractivity contribution in [3.8, 4) is 0 Å². The summed E-state index contributed by atoms with van der Waals surface area (Å²) >= 11 is 1.71. The number of nitrogens with one attached hydrogen (secondary N) is 1. The summed E-state index contributed by atoms with van der Waals surface area (Å²) in [6.45, 7) is 6.97. The molecule has 1 N–H and O–H groups in total. The molecule has 5 heteroatoms. The molecule has 0 saturated carbocycles. The molecule has 118 valence electrons. The van der Waals surface area contributed by atoms with Crippen molar-refractivity contribution in [3.05, 3.63) is 51.7 Å². The first kappa shape index (κ1) is 15.6. The van der Waals surface area contributed by atoms with Crippen LogP contribution < -0.4 is 5.32 Å². The number of nitrogens with zero attached hydrogens (tertiary/aromatic N) is 2. The molecule has 1 unspecified atom stereocenters. The number of rotatable bonds is 6. The van der Waals surface area contributed by atoms with Crippen molar-refractivity contribution in [1.29, 1.82) is 0 Å². The zero-order valence-corrected chi connectivity index (χ0v) is 13.7. The van der Waals surface area contributed by atoms with Crippen LogP contribution in [-0.4, -0.2) is 29.5 Å². The fourth-order valence-electron chi connectivity index (χ4n) is 3.00. The first-order chi connectivity index (χ1) is 10.7. The summed E-state index contributed by atoms with van der Waals surface area (Å²) in [5, 5.41) is 3.42. The largest absolute Gasteiger partial charge is 0.316 e. The van der Waals surface area contributed by atoms with Gasteiger partial charge in [-0.2, -0.15) is 0 Å². The highest BCUT2D eigenvalue weighted by atomic mass is 32.1. The van der Waals surface area contributed by atoms with Crippen molar-refractivity contribution in [2.45, 2.75) is 26.4 Å². The molecular formula is C17H22FN3S. The van der Waals surface area contributed by atoms with Crippen molar-refractivity contribution in [3.63, 3.8) is 0 Å². The average molecular weight is 319 g/mol. The van der Waals surface area contributed by atoms with Gasteiger partial charge in [0.1, 0.15) is 5.82 Å². The van der Waals surface area contributed by atoms with Crippen LogP contribution in [-0.2, 0) is 13.1 Å². The summed E-state index contributed by atoms with van der Waals surface area (Å²) in [6, 6.07) is 6.93. The Labute approximate surface area is 135 Å². The lowest BCUT2D eigenvalue weighted by atomic mass is 10.1. The molecular weight excluding hydrogens is 297 g/mol. The molecule has 3 nitrogen and oxygen atoms in total. The number of benzene rings is 1. The van der Waals surface area contributed by atoms with Crippen LogP contribution >= 0.6 is 11.3 Å². The molecule has 1 fully saturated rings. The lowest BCUT2D eigenvalue weighted by Gasteiger charge is -2.25. The van der Waals surface area contributed by atoms with Crippen LogP contribution in [0.3, 0.4) is 0 Å². The van der Waals surface area contributed by atoms with Crippen LogP contribution in [0.5, 0.6) is 0 Å². The molecule has 1 saturated heterocycles. The van der Waals surface area contributed by atoms with E-state index in [2.05, 4.69) is 22.1 Å². The maximum Gasteiger partial charge on any atom is 0.123 e. The van der Waals surface area contributed by atoms with E-state index in [1.807, 2.05) is 11.6 Å². The highest BCUT2D eigenvalue weighted by Gasteiger charge is 2.19. The van der Waals surface area contributed by atoms with Gasteiger partial charge in [-0.1, -0.05) is 12.1 Å². The lowest BCUT2D eigenvalue weighted by molar-refractivity contribution is 0.222.